The summed E-state index contributed by atoms with van der Waals surface area (Å²) in [5.74, 6) is 0.358. The van der Waals surface area contributed by atoms with Gasteiger partial charge in [0.05, 0.1) is 17.6 Å². The molecule has 0 radical (unpaired) electrons. The third-order valence-corrected chi connectivity index (χ3v) is 4.43. The number of aromatic nitrogens is 6. The number of fused-ring (bicyclic) bond motifs is 1. The van der Waals surface area contributed by atoms with Crippen molar-refractivity contribution in [2.75, 3.05) is 0 Å². The maximum atomic E-state index is 11.1. The van der Waals surface area contributed by atoms with Gasteiger partial charge in [0.2, 0.25) is 0 Å². The second kappa shape index (κ2) is 6.29. The lowest BCUT2D eigenvalue weighted by atomic mass is 10.2. The van der Waals surface area contributed by atoms with Crippen molar-refractivity contribution in [3.05, 3.63) is 52.4 Å². The van der Waals surface area contributed by atoms with E-state index in [1.165, 1.54) is 18.4 Å². The number of hydrogen-bond acceptors (Lipinski definition) is 5. The highest BCUT2D eigenvalue weighted by Crippen LogP contribution is 2.39. The van der Waals surface area contributed by atoms with Crippen LogP contribution in [-0.4, -0.2) is 29.5 Å². The summed E-state index contributed by atoms with van der Waals surface area (Å²) in [6.07, 6.45) is 8.52. The van der Waals surface area contributed by atoms with E-state index in [2.05, 4.69) is 26.4 Å². The molecule has 1 N–H and O–H groups in total. The molecule has 134 valence electrons. The minimum Gasteiger partial charge on any atom is -0.406 e. The molecule has 0 amide bonds. The van der Waals surface area contributed by atoms with Crippen molar-refractivity contribution < 1.29 is 4.42 Å². The number of oxazole rings is 1. The van der Waals surface area contributed by atoms with Crippen LogP contribution in [0.3, 0.4) is 0 Å². The molecule has 0 aliphatic heterocycles. The number of rotatable bonds is 2. The van der Waals surface area contributed by atoms with E-state index in [0.29, 0.717) is 11.2 Å². The van der Waals surface area contributed by atoms with Crippen LogP contribution in [-0.2, 0) is 14.1 Å². The quantitative estimate of drug-likeness (QED) is 0.598. The first-order valence-electron chi connectivity index (χ1n) is 8.48. The van der Waals surface area contributed by atoms with Crippen LogP contribution in [0.1, 0.15) is 29.9 Å². The van der Waals surface area contributed by atoms with E-state index >= 15 is 0 Å². The highest BCUT2D eigenvalue weighted by molar-refractivity contribution is 5.75. The maximum Gasteiger partial charge on any atom is 0.418 e. The maximum absolute atomic E-state index is 11.1. The van der Waals surface area contributed by atoms with Crippen LogP contribution >= 0.6 is 0 Å². The molecular formula is C18H20N6O2. The molecule has 0 bridgehead atoms. The standard InChI is InChI=1S/C11H10N4O2.C7H10N2/c1-6-5-7(8-3-4-12-15(8)2)13-10-9(6)17-11(16)14-10;1-9-5-7(4-8-9)6-2-3-6/h3-5H,1-2H3,(H,13,14,16);4-6H,2-3H2,1H3. The van der Waals surface area contributed by atoms with Crippen LogP contribution in [0.4, 0.5) is 0 Å². The Bertz CT molecular complexity index is 1110. The van der Waals surface area contributed by atoms with Crippen LogP contribution in [0.2, 0.25) is 0 Å². The fourth-order valence-corrected chi connectivity index (χ4v) is 2.91. The minimum atomic E-state index is -0.488. The number of pyridine rings is 1. The van der Waals surface area contributed by atoms with E-state index in [-0.39, 0.29) is 0 Å². The van der Waals surface area contributed by atoms with E-state index in [9.17, 15) is 4.79 Å². The van der Waals surface area contributed by atoms with E-state index in [1.54, 1.807) is 10.9 Å². The molecule has 1 fully saturated rings. The molecule has 1 aliphatic carbocycles. The Morgan fingerprint density at radius 1 is 1.27 bits per heavy atom. The lowest BCUT2D eigenvalue weighted by Gasteiger charge is -2.02. The molecule has 8 nitrogen and oxygen atoms in total. The molecule has 26 heavy (non-hydrogen) atoms. The Balaban J connectivity index is 0.000000157. The van der Waals surface area contributed by atoms with Crippen molar-refractivity contribution >= 4 is 11.2 Å². The van der Waals surface area contributed by atoms with Gasteiger partial charge in [0, 0.05) is 26.5 Å². The Hall–Kier alpha value is -3.16. The summed E-state index contributed by atoms with van der Waals surface area (Å²) < 4.78 is 8.60. The van der Waals surface area contributed by atoms with Gasteiger partial charge in [0.1, 0.15) is 0 Å². The topological polar surface area (TPSA) is 94.5 Å². The summed E-state index contributed by atoms with van der Waals surface area (Å²) in [5.41, 5.74) is 4.89. The van der Waals surface area contributed by atoms with Crippen molar-refractivity contribution in [3.8, 4) is 11.4 Å². The van der Waals surface area contributed by atoms with Gasteiger partial charge in [-0.25, -0.2) is 9.78 Å². The lowest BCUT2D eigenvalue weighted by molar-refractivity contribution is 0.553. The summed E-state index contributed by atoms with van der Waals surface area (Å²) in [7, 11) is 3.81. The van der Waals surface area contributed by atoms with Gasteiger partial charge in [-0.15, -0.1) is 0 Å². The number of aryl methyl sites for hydroxylation is 3. The molecule has 0 spiro atoms. The van der Waals surface area contributed by atoms with Gasteiger partial charge in [-0.1, -0.05) is 0 Å². The average Bonchev–Trinajstić information content (AvgIpc) is 3.01. The lowest BCUT2D eigenvalue weighted by Crippen LogP contribution is -1.97. The first kappa shape index (κ1) is 16.3. The van der Waals surface area contributed by atoms with Crippen molar-refractivity contribution in [1.82, 2.24) is 29.5 Å². The van der Waals surface area contributed by atoms with Crippen LogP contribution in [0.25, 0.3) is 22.6 Å². The van der Waals surface area contributed by atoms with Gasteiger partial charge in [-0.2, -0.15) is 10.2 Å². The third-order valence-electron chi connectivity index (χ3n) is 4.43. The molecule has 5 rings (SSSR count). The van der Waals surface area contributed by atoms with E-state index in [0.717, 1.165) is 22.9 Å². The highest BCUT2D eigenvalue weighted by Gasteiger charge is 2.24. The van der Waals surface area contributed by atoms with Crippen LogP contribution < -0.4 is 5.76 Å². The molecule has 0 atom stereocenters. The number of nitrogens with one attached hydrogen (secondary N) is 1. The summed E-state index contributed by atoms with van der Waals surface area (Å²) in [6.45, 7) is 1.88. The predicted molar refractivity (Wildman–Crippen MR) is 96.8 cm³/mol. The predicted octanol–water partition coefficient (Wildman–Crippen LogP) is 2.52. The van der Waals surface area contributed by atoms with Gasteiger partial charge in [-0.05, 0) is 48.9 Å². The van der Waals surface area contributed by atoms with Gasteiger partial charge in [0.15, 0.2) is 11.2 Å². The molecule has 0 unspecified atom stereocenters. The minimum absolute atomic E-state index is 0.464. The number of aromatic amines is 1. The molecular weight excluding hydrogens is 332 g/mol. The summed E-state index contributed by atoms with van der Waals surface area (Å²) in [4.78, 5) is 18.0. The smallest absolute Gasteiger partial charge is 0.406 e. The van der Waals surface area contributed by atoms with Gasteiger partial charge in [0.25, 0.3) is 0 Å². The average molecular weight is 352 g/mol. The van der Waals surface area contributed by atoms with Crippen LogP contribution in [0, 0.1) is 6.92 Å². The van der Waals surface area contributed by atoms with Crippen molar-refractivity contribution in [2.24, 2.45) is 14.1 Å². The zero-order valence-corrected chi connectivity index (χ0v) is 14.9. The molecule has 4 aromatic heterocycles. The monoisotopic (exact) mass is 352 g/mol. The zero-order valence-electron chi connectivity index (χ0n) is 14.9. The molecule has 0 saturated heterocycles. The van der Waals surface area contributed by atoms with Crippen molar-refractivity contribution in [2.45, 2.75) is 25.7 Å². The second-order valence-electron chi connectivity index (χ2n) is 6.58. The van der Waals surface area contributed by atoms with E-state index in [4.69, 9.17) is 4.42 Å². The van der Waals surface area contributed by atoms with Crippen LogP contribution in [0.15, 0.2) is 39.9 Å². The summed E-state index contributed by atoms with van der Waals surface area (Å²) >= 11 is 0. The zero-order chi connectivity index (χ0) is 18.3. The fourth-order valence-electron chi connectivity index (χ4n) is 2.91. The Labute approximate surface area is 149 Å². The molecule has 8 heteroatoms. The van der Waals surface area contributed by atoms with E-state index < -0.39 is 5.76 Å². The first-order valence-corrected chi connectivity index (χ1v) is 8.48. The SMILES string of the molecule is Cc1cc(-c2ccnn2C)nc2[nH]c(=O)oc12.Cn1cc(C2CC2)cn1. The van der Waals surface area contributed by atoms with E-state index in [1.807, 2.05) is 44.0 Å². The molecule has 4 aromatic rings. The molecule has 1 saturated carbocycles. The number of hydrogen-bond donors (Lipinski definition) is 1. The summed E-state index contributed by atoms with van der Waals surface area (Å²) in [6, 6.07) is 3.74. The third kappa shape index (κ3) is 3.17. The van der Waals surface area contributed by atoms with Gasteiger partial charge in [-0.3, -0.25) is 14.3 Å². The molecule has 1 aliphatic rings. The number of nitrogens with zero attached hydrogens (tertiary/aromatic N) is 5. The summed E-state index contributed by atoms with van der Waals surface area (Å²) in [5, 5.41) is 8.18. The van der Waals surface area contributed by atoms with Crippen molar-refractivity contribution in [1.29, 1.82) is 0 Å². The second-order valence-corrected chi connectivity index (χ2v) is 6.58. The first-order chi connectivity index (χ1) is 12.5. The van der Waals surface area contributed by atoms with Crippen LogP contribution in [0.5, 0.6) is 0 Å². The van der Waals surface area contributed by atoms with Gasteiger partial charge < -0.3 is 4.42 Å². The Morgan fingerprint density at radius 3 is 2.69 bits per heavy atom. The normalized spacial score (nSPS) is 13.7. The van der Waals surface area contributed by atoms with Crippen molar-refractivity contribution in [3.63, 3.8) is 0 Å². The largest absolute Gasteiger partial charge is 0.418 e. The Kier molecular flexibility index (Phi) is 3.95. The number of H-pyrrole nitrogens is 1. The van der Waals surface area contributed by atoms with Gasteiger partial charge >= 0.3 is 5.76 Å². The molecule has 4 heterocycles. The Morgan fingerprint density at radius 2 is 2.08 bits per heavy atom. The fraction of sp³-hybridized carbons (Fsp3) is 0.333. The highest BCUT2D eigenvalue weighted by atomic mass is 16.4. The molecule has 0 aromatic carbocycles.